The van der Waals surface area contributed by atoms with Crippen LogP contribution in [0.2, 0.25) is 0 Å². The highest BCUT2D eigenvalue weighted by Crippen LogP contribution is 2.17. The van der Waals surface area contributed by atoms with Gasteiger partial charge < -0.3 is 4.74 Å². The van der Waals surface area contributed by atoms with Crippen LogP contribution >= 0.6 is 0 Å². The van der Waals surface area contributed by atoms with Crippen LogP contribution < -0.4 is 10.3 Å². The van der Waals surface area contributed by atoms with Gasteiger partial charge in [-0.15, -0.1) is 0 Å². The molecule has 0 atom stereocenters. The fourth-order valence-electron chi connectivity index (χ4n) is 3.79. The molecule has 4 rings (SSSR count). The van der Waals surface area contributed by atoms with Crippen molar-refractivity contribution >= 4 is 21.6 Å². The molecule has 0 radical (unpaired) electrons. The molecule has 1 aliphatic heterocycles. The Morgan fingerprint density at radius 3 is 2.66 bits per heavy atom. The molecule has 11 heteroatoms. The summed E-state index contributed by atoms with van der Waals surface area (Å²) in [6.07, 6.45) is 2.70. The zero-order chi connectivity index (χ0) is 22.7. The molecule has 0 bridgehead atoms. The second-order valence-corrected chi connectivity index (χ2v) is 9.35. The van der Waals surface area contributed by atoms with Crippen LogP contribution in [0.4, 0.5) is 0 Å². The molecule has 170 valence electrons. The lowest BCUT2D eigenvalue weighted by Crippen LogP contribution is -2.44. The first-order valence-electron chi connectivity index (χ1n) is 10.4. The number of piperidine rings is 1. The topological polar surface area (TPSA) is 126 Å². The predicted octanol–water partition coefficient (Wildman–Crippen LogP) is 1.14. The van der Waals surface area contributed by atoms with Crippen LogP contribution in [-0.4, -0.2) is 59.6 Å². The maximum atomic E-state index is 12.5. The van der Waals surface area contributed by atoms with Crippen molar-refractivity contribution in [2.75, 3.05) is 19.7 Å². The Labute approximate surface area is 185 Å². The van der Waals surface area contributed by atoms with Crippen molar-refractivity contribution in [1.29, 1.82) is 0 Å². The third kappa shape index (κ3) is 4.74. The Balaban J connectivity index is 1.41. The largest absolute Gasteiger partial charge is 0.462 e. The standard InChI is InChI=1S/C21H25N5O5S/c1-2-31-21(28)18-13-22-26-19(27)12-16(23-20(18)26)14-25-10-8-15(9-11-25)24-32(29,30)17-6-4-3-5-7-17/h3-7,12-13,15,22,24H,2,8-11,14H2,1H3. The van der Waals surface area contributed by atoms with Crippen molar-refractivity contribution in [3.8, 4) is 0 Å². The molecule has 1 aliphatic rings. The highest BCUT2D eigenvalue weighted by Gasteiger charge is 2.25. The van der Waals surface area contributed by atoms with Crippen LogP contribution in [0.15, 0.2) is 52.3 Å². The number of H-pyrrole nitrogens is 1. The number of carbonyl (C=O) groups is 1. The number of esters is 1. The highest BCUT2D eigenvalue weighted by molar-refractivity contribution is 7.89. The Morgan fingerprint density at radius 2 is 1.97 bits per heavy atom. The van der Waals surface area contributed by atoms with Gasteiger partial charge >= 0.3 is 5.97 Å². The van der Waals surface area contributed by atoms with Crippen LogP contribution in [0.1, 0.15) is 35.8 Å². The average molecular weight is 460 g/mol. The van der Waals surface area contributed by atoms with Gasteiger partial charge in [0.15, 0.2) is 5.65 Å². The fraction of sp³-hybridized carbons (Fsp3) is 0.381. The quantitative estimate of drug-likeness (QED) is 0.508. The van der Waals surface area contributed by atoms with Gasteiger partial charge in [0, 0.05) is 37.9 Å². The van der Waals surface area contributed by atoms with E-state index in [1.54, 1.807) is 37.3 Å². The molecule has 0 aliphatic carbocycles. The molecule has 2 N–H and O–H groups in total. The molecule has 3 heterocycles. The maximum Gasteiger partial charge on any atom is 0.343 e. The number of carbonyl (C=O) groups excluding carboxylic acids is 1. The number of aromatic amines is 1. The first-order chi connectivity index (χ1) is 15.4. The second kappa shape index (κ2) is 9.23. The monoisotopic (exact) mass is 459 g/mol. The summed E-state index contributed by atoms with van der Waals surface area (Å²) in [4.78, 5) is 31.4. The molecule has 0 amide bonds. The summed E-state index contributed by atoms with van der Waals surface area (Å²) in [5, 5.41) is 2.73. The van der Waals surface area contributed by atoms with Crippen LogP contribution in [0.3, 0.4) is 0 Å². The van der Waals surface area contributed by atoms with Crippen molar-refractivity contribution in [3.63, 3.8) is 0 Å². The van der Waals surface area contributed by atoms with Crippen LogP contribution in [0, 0.1) is 0 Å². The minimum Gasteiger partial charge on any atom is -0.462 e. The predicted molar refractivity (Wildman–Crippen MR) is 117 cm³/mol. The number of benzene rings is 1. The summed E-state index contributed by atoms with van der Waals surface area (Å²) in [7, 11) is -3.55. The van der Waals surface area contributed by atoms with Crippen molar-refractivity contribution in [3.05, 3.63) is 64.2 Å². The normalized spacial score (nSPS) is 15.8. The number of ether oxygens (including phenoxy) is 1. The Morgan fingerprint density at radius 1 is 1.25 bits per heavy atom. The van der Waals surface area contributed by atoms with E-state index in [1.807, 2.05) is 0 Å². The summed E-state index contributed by atoms with van der Waals surface area (Å²) in [6, 6.07) is 9.59. The number of sulfonamides is 1. The second-order valence-electron chi connectivity index (χ2n) is 7.64. The lowest BCUT2D eigenvalue weighted by Gasteiger charge is -2.31. The molecule has 10 nitrogen and oxygen atoms in total. The minimum absolute atomic E-state index is 0.155. The van der Waals surface area contributed by atoms with Crippen LogP contribution in [-0.2, 0) is 21.3 Å². The van der Waals surface area contributed by atoms with E-state index < -0.39 is 16.0 Å². The number of nitrogens with one attached hydrogen (secondary N) is 2. The van der Waals surface area contributed by atoms with Gasteiger partial charge in [0.2, 0.25) is 10.0 Å². The van der Waals surface area contributed by atoms with E-state index in [2.05, 4.69) is 19.7 Å². The third-order valence-corrected chi connectivity index (χ3v) is 6.93. The van der Waals surface area contributed by atoms with Gasteiger partial charge in [-0.05, 0) is 31.9 Å². The number of hydrogen-bond donors (Lipinski definition) is 2. The van der Waals surface area contributed by atoms with Gasteiger partial charge in [-0.3, -0.25) is 14.8 Å². The zero-order valence-electron chi connectivity index (χ0n) is 17.7. The molecule has 1 saturated heterocycles. The maximum absolute atomic E-state index is 12.5. The summed E-state index contributed by atoms with van der Waals surface area (Å²) >= 11 is 0. The first-order valence-corrected chi connectivity index (χ1v) is 11.9. The van der Waals surface area contributed by atoms with Crippen LogP contribution in [0.25, 0.3) is 5.65 Å². The van der Waals surface area contributed by atoms with E-state index in [-0.39, 0.29) is 34.3 Å². The van der Waals surface area contributed by atoms with Gasteiger partial charge in [-0.25, -0.2) is 27.4 Å². The molecular weight excluding hydrogens is 434 g/mol. The first kappa shape index (κ1) is 22.2. The third-order valence-electron chi connectivity index (χ3n) is 5.39. The van der Waals surface area contributed by atoms with E-state index in [0.717, 1.165) is 0 Å². The van der Waals surface area contributed by atoms with E-state index in [0.29, 0.717) is 38.2 Å². The number of hydrogen-bond acceptors (Lipinski definition) is 7. The molecule has 0 unspecified atom stereocenters. The van der Waals surface area contributed by atoms with Crippen molar-refractivity contribution in [2.45, 2.75) is 37.2 Å². The lowest BCUT2D eigenvalue weighted by molar-refractivity contribution is 0.0528. The molecular formula is C21H25N5O5S. The van der Waals surface area contributed by atoms with Crippen LogP contribution in [0.5, 0.6) is 0 Å². The van der Waals surface area contributed by atoms with Gasteiger partial charge in [-0.2, -0.15) is 0 Å². The number of rotatable bonds is 7. The van der Waals surface area contributed by atoms with E-state index in [1.165, 1.54) is 16.8 Å². The van der Waals surface area contributed by atoms with E-state index in [9.17, 15) is 18.0 Å². The van der Waals surface area contributed by atoms with Gasteiger partial charge in [-0.1, -0.05) is 18.2 Å². The Kier molecular flexibility index (Phi) is 6.40. The van der Waals surface area contributed by atoms with Gasteiger partial charge in [0.25, 0.3) is 5.56 Å². The minimum atomic E-state index is -3.55. The van der Waals surface area contributed by atoms with E-state index in [4.69, 9.17) is 4.74 Å². The number of aromatic nitrogens is 3. The van der Waals surface area contributed by atoms with E-state index >= 15 is 0 Å². The summed E-state index contributed by atoms with van der Waals surface area (Å²) < 4.78 is 34.1. The number of likely N-dealkylation sites (tertiary alicyclic amines) is 1. The molecule has 1 aromatic carbocycles. The SMILES string of the molecule is CCOC(=O)c1c[nH]n2c(=O)cc(CN3CCC(NS(=O)(=O)c4ccccc4)CC3)nc12. The van der Waals surface area contributed by atoms with Crippen molar-refractivity contribution < 1.29 is 17.9 Å². The summed E-state index contributed by atoms with van der Waals surface area (Å²) in [5.41, 5.74) is 0.672. The highest BCUT2D eigenvalue weighted by atomic mass is 32.2. The molecule has 3 aromatic rings. The summed E-state index contributed by atoms with van der Waals surface area (Å²) in [5.74, 6) is -0.540. The zero-order valence-corrected chi connectivity index (χ0v) is 18.5. The smallest absolute Gasteiger partial charge is 0.343 e. The number of fused-ring (bicyclic) bond motifs is 1. The molecule has 2 aromatic heterocycles. The van der Waals surface area contributed by atoms with Gasteiger partial charge in [0.1, 0.15) is 5.56 Å². The number of nitrogens with zero attached hydrogens (tertiary/aromatic N) is 3. The lowest BCUT2D eigenvalue weighted by atomic mass is 10.1. The molecule has 0 saturated carbocycles. The molecule has 32 heavy (non-hydrogen) atoms. The molecule has 1 fully saturated rings. The van der Waals surface area contributed by atoms with Gasteiger partial charge in [0.05, 0.1) is 17.2 Å². The molecule has 0 spiro atoms. The Bertz CT molecular complexity index is 1260. The van der Waals surface area contributed by atoms with Crippen molar-refractivity contribution in [1.82, 2.24) is 24.2 Å². The fourth-order valence-corrected chi connectivity index (χ4v) is 5.12. The average Bonchev–Trinajstić information content (AvgIpc) is 3.20. The Hall–Kier alpha value is -3.02. The van der Waals surface area contributed by atoms with Crippen molar-refractivity contribution in [2.24, 2.45) is 0 Å². The summed E-state index contributed by atoms with van der Waals surface area (Å²) in [6.45, 7) is 3.67.